The molecule has 28 heavy (non-hydrogen) atoms. The van der Waals surface area contributed by atoms with E-state index in [2.05, 4.69) is 10.2 Å². The molecule has 1 atom stereocenters. The van der Waals surface area contributed by atoms with E-state index in [0.717, 1.165) is 37.9 Å². The molecular weight excluding hydrogens is 397 g/mol. The molecule has 0 unspecified atom stereocenters. The van der Waals surface area contributed by atoms with Crippen molar-refractivity contribution in [1.29, 1.82) is 0 Å². The van der Waals surface area contributed by atoms with E-state index >= 15 is 0 Å². The summed E-state index contributed by atoms with van der Waals surface area (Å²) < 4.78 is 0. The van der Waals surface area contributed by atoms with E-state index in [9.17, 15) is 9.59 Å². The highest BCUT2D eigenvalue weighted by molar-refractivity contribution is 6.42. The van der Waals surface area contributed by atoms with Gasteiger partial charge in [0.05, 0.1) is 21.3 Å². The molecule has 7 heteroatoms. The average Bonchev–Trinajstić information content (AvgIpc) is 2.95. The highest BCUT2D eigenvalue weighted by Crippen LogP contribution is 2.34. The molecule has 2 aliphatic rings. The molecule has 4 rings (SSSR count). The second kappa shape index (κ2) is 7.64. The zero-order valence-corrected chi connectivity index (χ0v) is 17.1. The molecule has 1 fully saturated rings. The molecule has 0 radical (unpaired) electrons. The number of carbonyl (C=O) groups excluding carboxylic acids is 2. The van der Waals surface area contributed by atoms with E-state index in [1.54, 1.807) is 36.4 Å². The van der Waals surface area contributed by atoms with Crippen LogP contribution in [0.15, 0.2) is 36.4 Å². The number of benzene rings is 2. The van der Waals surface area contributed by atoms with Crippen molar-refractivity contribution in [3.05, 3.63) is 57.6 Å². The van der Waals surface area contributed by atoms with Crippen LogP contribution in [0.1, 0.15) is 46.4 Å². The van der Waals surface area contributed by atoms with Crippen molar-refractivity contribution in [2.45, 2.75) is 31.8 Å². The van der Waals surface area contributed by atoms with Gasteiger partial charge in [-0.15, -0.1) is 0 Å². The lowest BCUT2D eigenvalue weighted by Gasteiger charge is -2.43. The van der Waals surface area contributed by atoms with E-state index in [1.807, 2.05) is 11.9 Å². The Hall–Kier alpha value is -2.24. The van der Waals surface area contributed by atoms with Crippen LogP contribution in [0.5, 0.6) is 0 Å². The second-order valence-corrected chi connectivity index (χ2v) is 8.07. The molecule has 0 aromatic heterocycles. The maximum Gasteiger partial charge on any atom is 0.257 e. The lowest BCUT2D eigenvalue weighted by atomic mass is 10.0. The maximum atomic E-state index is 13.0. The maximum absolute atomic E-state index is 13.0. The number of halogens is 2. The van der Waals surface area contributed by atoms with Crippen molar-refractivity contribution in [2.75, 3.05) is 23.8 Å². The van der Waals surface area contributed by atoms with Gasteiger partial charge in [0.1, 0.15) is 6.17 Å². The molecule has 0 bridgehead atoms. The molecule has 1 saturated heterocycles. The normalized spacial score (nSPS) is 19.0. The third kappa shape index (κ3) is 3.45. The molecule has 0 aliphatic carbocycles. The molecule has 2 amide bonds. The van der Waals surface area contributed by atoms with Gasteiger partial charge >= 0.3 is 0 Å². The Morgan fingerprint density at radius 1 is 1.07 bits per heavy atom. The summed E-state index contributed by atoms with van der Waals surface area (Å²) in [5.41, 5.74) is 2.50. The summed E-state index contributed by atoms with van der Waals surface area (Å²) in [5, 5.41) is 3.64. The lowest BCUT2D eigenvalue weighted by Crippen LogP contribution is -2.53. The smallest absolute Gasteiger partial charge is 0.257 e. The van der Waals surface area contributed by atoms with E-state index < -0.39 is 0 Å². The third-order valence-corrected chi connectivity index (χ3v) is 6.22. The first kappa shape index (κ1) is 19.1. The highest BCUT2D eigenvalue weighted by Gasteiger charge is 2.36. The number of fused-ring (bicyclic) bond motifs is 2. The van der Waals surface area contributed by atoms with Crippen molar-refractivity contribution in [3.63, 3.8) is 0 Å². The summed E-state index contributed by atoms with van der Waals surface area (Å²) in [6, 6.07) is 10.2. The summed E-state index contributed by atoms with van der Waals surface area (Å²) in [6.45, 7) is 0.785. The highest BCUT2D eigenvalue weighted by atomic mass is 35.5. The van der Waals surface area contributed by atoms with E-state index in [-0.39, 0.29) is 18.0 Å². The number of anilines is 2. The van der Waals surface area contributed by atoms with Gasteiger partial charge in [0, 0.05) is 24.8 Å². The van der Waals surface area contributed by atoms with Gasteiger partial charge in [-0.25, -0.2) is 0 Å². The molecular formula is C21H21Cl2N3O2. The molecule has 0 saturated carbocycles. The number of hydrogen-bond acceptors (Lipinski definition) is 3. The van der Waals surface area contributed by atoms with Crippen molar-refractivity contribution < 1.29 is 9.59 Å². The number of nitrogens with zero attached hydrogens (tertiary/aromatic N) is 2. The zero-order chi connectivity index (χ0) is 19.8. The molecule has 5 nitrogen and oxygen atoms in total. The van der Waals surface area contributed by atoms with Crippen LogP contribution in [0.25, 0.3) is 0 Å². The molecule has 146 valence electrons. The number of amides is 2. The largest absolute Gasteiger partial charge is 0.354 e. The van der Waals surface area contributed by atoms with Gasteiger partial charge < -0.3 is 15.1 Å². The predicted molar refractivity (Wildman–Crippen MR) is 113 cm³/mol. The Kier molecular flexibility index (Phi) is 5.21. The summed E-state index contributed by atoms with van der Waals surface area (Å²) in [4.78, 5) is 29.8. The second-order valence-electron chi connectivity index (χ2n) is 7.25. The van der Waals surface area contributed by atoms with Crippen LogP contribution in [0.2, 0.25) is 10.0 Å². The summed E-state index contributed by atoms with van der Waals surface area (Å²) >= 11 is 11.9. The molecule has 0 spiro atoms. The zero-order valence-electron chi connectivity index (χ0n) is 15.5. The van der Waals surface area contributed by atoms with Gasteiger partial charge in [-0.1, -0.05) is 29.6 Å². The van der Waals surface area contributed by atoms with Crippen molar-refractivity contribution in [2.24, 2.45) is 0 Å². The fraction of sp³-hybridized carbons (Fsp3) is 0.333. The van der Waals surface area contributed by atoms with Crippen molar-refractivity contribution in [1.82, 2.24) is 4.90 Å². The molecule has 2 aliphatic heterocycles. The quantitative estimate of drug-likeness (QED) is 0.744. The van der Waals surface area contributed by atoms with Crippen LogP contribution in [0, 0.1) is 0 Å². The number of nitrogens with one attached hydrogen (secondary N) is 1. The fourth-order valence-electron chi connectivity index (χ4n) is 3.97. The van der Waals surface area contributed by atoms with Crippen LogP contribution in [0.4, 0.5) is 11.4 Å². The summed E-state index contributed by atoms with van der Waals surface area (Å²) in [6.07, 6.45) is 4.28. The van der Waals surface area contributed by atoms with Crippen LogP contribution in [-0.2, 0) is 0 Å². The minimum Gasteiger partial charge on any atom is -0.354 e. The molecule has 2 heterocycles. The average molecular weight is 418 g/mol. The van der Waals surface area contributed by atoms with Crippen LogP contribution in [-0.4, -0.2) is 36.5 Å². The summed E-state index contributed by atoms with van der Waals surface area (Å²) in [7, 11) is 1.99. The van der Waals surface area contributed by atoms with Crippen molar-refractivity contribution in [3.8, 4) is 0 Å². The monoisotopic (exact) mass is 417 g/mol. The first-order valence-electron chi connectivity index (χ1n) is 9.40. The third-order valence-electron chi connectivity index (χ3n) is 5.48. The van der Waals surface area contributed by atoms with Gasteiger partial charge in [0.15, 0.2) is 0 Å². The number of hydrogen-bond donors (Lipinski definition) is 1. The topological polar surface area (TPSA) is 52.7 Å². The number of rotatable bonds is 2. The molecule has 2 aromatic carbocycles. The van der Waals surface area contributed by atoms with Crippen molar-refractivity contribution >= 4 is 46.4 Å². The lowest BCUT2D eigenvalue weighted by molar-refractivity contribution is 0.0661. The van der Waals surface area contributed by atoms with Gasteiger partial charge in [0.25, 0.3) is 11.8 Å². The Labute approximate surface area is 174 Å². The fourth-order valence-corrected chi connectivity index (χ4v) is 4.27. The van der Waals surface area contributed by atoms with Crippen LogP contribution in [0.3, 0.4) is 0 Å². The van der Waals surface area contributed by atoms with Gasteiger partial charge in [-0.3, -0.25) is 9.59 Å². The van der Waals surface area contributed by atoms with Crippen LogP contribution >= 0.6 is 23.2 Å². The Balaban J connectivity index is 1.62. The van der Waals surface area contributed by atoms with Crippen LogP contribution < -0.4 is 10.2 Å². The van der Waals surface area contributed by atoms with E-state index in [4.69, 9.17) is 23.2 Å². The molecule has 1 N–H and O–H groups in total. The Morgan fingerprint density at radius 2 is 1.89 bits per heavy atom. The Bertz CT molecular complexity index is 947. The summed E-state index contributed by atoms with van der Waals surface area (Å²) in [5.74, 6) is -0.207. The Morgan fingerprint density at radius 3 is 2.68 bits per heavy atom. The van der Waals surface area contributed by atoms with Gasteiger partial charge in [0.2, 0.25) is 0 Å². The van der Waals surface area contributed by atoms with E-state index in [1.165, 1.54) is 0 Å². The minimum absolute atomic E-state index is 0.0517. The SMILES string of the molecule is CN1c2cc(C(=O)Nc3ccc(Cl)c(Cl)c3)ccc2C(=O)N2CCCCC[C@H]21. The minimum atomic E-state index is -0.259. The molecule has 2 aromatic rings. The first-order chi connectivity index (χ1) is 13.5. The van der Waals surface area contributed by atoms with Gasteiger partial charge in [-0.05, 0) is 55.7 Å². The number of carbonyl (C=O) groups is 2. The van der Waals surface area contributed by atoms with E-state index in [0.29, 0.717) is 26.9 Å². The van der Waals surface area contributed by atoms with Gasteiger partial charge in [-0.2, -0.15) is 0 Å². The standard InChI is InChI=1S/C21H21Cl2N3O2/c1-25-18-11-13(20(27)24-14-7-9-16(22)17(23)12-14)6-8-15(18)21(28)26-10-4-2-3-5-19(25)26/h6-9,11-12,19H,2-5,10H2,1H3,(H,24,27)/t19-/m0/s1. The first-order valence-corrected chi connectivity index (χ1v) is 10.2. The predicted octanol–water partition coefficient (Wildman–Crippen LogP) is 5.04.